The van der Waals surface area contributed by atoms with Gasteiger partial charge >= 0.3 is 0 Å². The van der Waals surface area contributed by atoms with Crippen LogP contribution in [0, 0.1) is 17.5 Å². The summed E-state index contributed by atoms with van der Waals surface area (Å²) in [5, 5.41) is 0. The molecule has 2 aromatic carbocycles. The Bertz CT molecular complexity index is 879. The summed E-state index contributed by atoms with van der Waals surface area (Å²) >= 11 is 0. The Morgan fingerprint density at radius 1 is 0.800 bits per heavy atom. The summed E-state index contributed by atoms with van der Waals surface area (Å²) in [6.45, 7) is 0. The van der Waals surface area contributed by atoms with Gasteiger partial charge < -0.3 is 0 Å². The molecule has 128 valence electrons. The van der Waals surface area contributed by atoms with Crippen LogP contribution in [0.15, 0.2) is 54.6 Å². The van der Waals surface area contributed by atoms with Gasteiger partial charge in [0.1, 0.15) is 17.5 Å². The van der Waals surface area contributed by atoms with Crippen LogP contribution in [0.25, 0.3) is 17.2 Å². The Morgan fingerprint density at radius 2 is 1.40 bits per heavy atom. The first kappa shape index (κ1) is 17.1. The maximum atomic E-state index is 13.9. The van der Waals surface area contributed by atoms with Crippen LogP contribution in [0.1, 0.15) is 29.5 Å². The predicted octanol–water partition coefficient (Wildman–Crippen LogP) is 6.60. The topological polar surface area (TPSA) is 0 Å². The van der Waals surface area contributed by atoms with Crippen LogP contribution in [0.4, 0.5) is 22.0 Å². The normalized spacial score (nSPS) is 14.0. The molecular formula is C20H13F5. The molecule has 3 rings (SSSR count). The maximum absolute atomic E-state index is 13.9. The van der Waals surface area contributed by atoms with Crippen molar-refractivity contribution in [2.24, 2.45) is 0 Å². The van der Waals surface area contributed by atoms with Gasteiger partial charge in [-0.15, -0.1) is 0 Å². The van der Waals surface area contributed by atoms with Gasteiger partial charge in [-0.3, -0.25) is 0 Å². The smallest absolute Gasteiger partial charge is 0.206 e. The van der Waals surface area contributed by atoms with Crippen molar-refractivity contribution in [2.45, 2.75) is 12.8 Å². The average molecular weight is 348 g/mol. The highest BCUT2D eigenvalue weighted by Gasteiger charge is 2.16. The molecule has 0 spiro atoms. The van der Waals surface area contributed by atoms with Gasteiger partial charge in [-0.25, -0.2) is 13.2 Å². The fraction of sp³-hybridized carbons (Fsp3) is 0.100. The second-order valence-corrected chi connectivity index (χ2v) is 5.65. The number of benzene rings is 2. The molecule has 1 aliphatic rings. The first-order chi connectivity index (χ1) is 12.0. The lowest BCUT2D eigenvalue weighted by molar-refractivity contribution is 0.428. The largest absolute Gasteiger partial charge is 0.271 e. The maximum Gasteiger partial charge on any atom is 0.271 e. The standard InChI is InChI=1S/C20H13F5/c21-17-4-2-1-3-15(17)13-7-5-12(6-8-13)14-9-18(22)16(11-20(24)25)19(23)10-14/h1-5,7,9-11H,6,8H2. The Labute approximate surface area is 141 Å². The zero-order valence-electron chi connectivity index (χ0n) is 13.0. The van der Waals surface area contributed by atoms with E-state index in [-0.39, 0.29) is 17.5 Å². The van der Waals surface area contributed by atoms with Crippen molar-refractivity contribution in [2.75, 3.05) is 0 Å². The van der Waals surface area contributed by atoms with E-state index >= 15 is 0 Å². The predicted molar refractivity (Wildman–Crippen MR) is 88.1 cm³/mol. The number of hydrogen-bond donors (Lipinski definition) is 0. The molecule has 0 bridgehead atoms. The van der Waals surface area contributed by atoms with Gasteiger partial charge in [0.25, 0.3) is 6.08 Å². The van der Waals surface area contributed by atoms with Crippen LogP contribution in [0.2, 0.25) is 0 Å². The number of halogens is 5. The van der Waals surface area contributed by atoms with E-state index in [2.05, 4.69) is 0 Å². The summed E-state index contributed by atoms with van der Waals surface area (Å²) in [5.74, 6) is -2.42. The molecule has 0 nitrogen and oxygen atoms in total. The second kappa shape index (κ2) is 7.05. The molecule has 0 fully saturated rings. The van der Waals surface area contributed by atoms with Crippen molar-refractivity contribution in [3.05, 3.63) is 88.8 Å². The molecule has 0 amide bonds. The molecule has 0 aromatic heterocycles. The van der Waals surface area contributed by atoms with Crippen molar-refractivity contribution in [1.29, 1.82) is 0 Å². The first-order valence-electron chi connectivity index (χ1n) is 7.62. The summed E-state index contributed by atoms with van der Waals surface area (Å²) in [5.41, 5.74) is 1.48. The molecule has 2 aromatic rings. The highest BCUT2D eigenvalue weighted by Crippen LogP contribution is 2.34. The van der Waals surface area contributed by atoms with Crippen molar-refractivity contribution in [3.8, 4) is 0 Å². The molecule has 25 heavy (non-hydrogen) atoms. The van der Waals surface area contributed by atoms with Crippen LogP contribution < -0.4 is 0 Å². The number of allylic oxidation sites excluding steroid dienone is 4. The van der Waals surface area contributed by atoms with Gasteiger partial charge in [-0.05, 0) is 47.8 Å². The molecule has 0 unspecified atom stereocenters. The van der Waals surface area contributed by atoms with Gasteiger partial charge in [-0.1, -0.05) is 30.4 Å². The van der Waals surface area contributed by atoms with E-state index in [0.717, 1.165) is 17.7 Å². The highest BCUT2D eigenvalue weighted by atomic mass is 19.3. The quantitative estimate of drug-likeness (QED) is 0.548. The van der Waals surface area contributed by atoms with Crippen molar-refractivity contribution in [3.63, 3.8) is 0 Å². The summed E-state index contributed by atoms with van der Waals surface area (Å²) in [6.07, 6.45) is 2.36. The zero-order chi connectivity index (χ0) is 18.0. The molecule has 0 atom stereocenters. The third kappa shape index (κ3) is 3.71. The van der Waals surface area contributed by atoms with E-state index in [1.165, 1.54) is 6.07 Å². The Morgan fingerprint density at radius 3 is 1.96 bits per heavy atom. The van der Waals surface area contributed by atoms with Crippen LogP contribution >= 0.6 is 0 Å². The third-order valence-corrected chi connectivity index (χ3v) is 4.07. The highest BCUT2D eigenvalue weighted by molar-refractivity contribution is 5.78. The molecule has 5 heteroatoms. The molecule has 0 radical (unpaired) electrons. The van der Waals surface area contributed by atoms with E-state index in [1.54, 1.807) is 30.4 Å². The average Bonchev–Trinajstić information content (AvgIpc) is 2.58. The van der Waals surface area contributed by atoms with Gasteiger partial charge in [-0.2, -0.15) is 8.78 Å². The molecule has 0 aliphatic heterocycles. The van der Waals surface area contributed by atoms with E-state index < -0.39 is 23.3 Å². The fourth-order valence-electron chi connectivity index (χ4n) is 2.84. The van der Waals surface area contributed by atoms with Gasteiger partial charge in [0.05, 0.1) is 5.56 Å². The number of hydrogen-bond acceptors (Lipinski definition) is 0. The van der Waals surface area contributed by atoms with E-state index in [4.69, 9.17) is 0 Å². The SMILES string of the molecule is FC(F)=Cc1c(F)cc(C2=CC=C(c3ccccc3F)CC2)cc1F. The molecule has 0 saturated carbocycles. The van der Waals surface area contributed by atoms with Crippen molar-refractivity contribution in [1.82, 2.24) is 0 Å². The van der Waals surface area contributed by atoms with Crippen LogP contribution in [-0.2, 0) is 0 Å². The Kier molecular flexibility index (Phi) is 4.83. The summed E-state index contributed by atoms with van der Waals surface area (Å²) in [7, 11) is 0. The van der Waals surface area contributed by atoms with Crippen LogP contribution in [0.5, 0.6) is 0 Å². The molecular weight excluding hydrogens is 335 g/mol. The van der Waals surface area contributed by atoms with Crippen molar-refractivity contribution < 1.29 is 22.0 Å². The first-order valence-corrected chi connectivity index (χ1v) is 7.62. The minimum Gasteiger partial charge on any atom is -0.206 e. The lowest BCUT2D eigenvalue weighted by atomic mass is 9.89. The summed E-state index contributed by atoms with van der Waals surface area (Å²) in [4.78, 5) is 0. The van der Waals surface area contributed by atoms with Crippen LogP contribution in [-0.4, -0.2) is 0 Å². The fourth-order valence-corrected chi connectivity index (χ4v) is 2.84. The van der Waals surface area contributed by atoms with Gasteiger partial charge in [0, 0.05) is 11.6 Å². The molecule has 1 aliphatic carbocycles. The third-order valence-electron chi connectivity index (χ3n) is 4.07. The minimum absolute atomic E-state index is 0.167. The summed E-state index contributed by atoms with van der Waals surface area (Å²) in [6, 6.07) is 8.45. The van der Waals surface area contributed by atoms with E-state index in [9.17, 15) is 22.0 Å². The summed E-state index contributed by atoms with van der Waals surface area (Å²) < 4.78 is 66.1. The van der Waals surface area contributed by atoms with Crippen LogP contribution in [0.3, 0.4) is 0 Å². The van der Waals surface area contributed by atoms with Crippen molar-refractivity contribution >= 4 is 17.2 Å². The second-order valence-electron chi connectivity index (χ2n) is 5.65. The molecule has 0 heterocycles. The Balaban J connectivity index is 1.94. The lowest BCUT2D eigenvalue weighted by Crippen LogP contribution is -1.98. The zero-order valence-corrected chi connectivity index (χ0v) is 13.0. The molecule has 0 saturated heterocycles. The lowest BCUT2D eigenvalue weighted by Gasteiger charge is -2.16. The number of rotatable bonds is 3. The van der Waals surface area contributed by atoms with E-state index in [0.29, 0.717) is 24.0 Å². The minimum atomic E-state index is -2.17. The van der Waals surface area contributed by atoms with E-state index in [1.807, 2.05) is 0 Å². The Hall–Kier alpha value is -2.69. The molecule has 0 N–H and O–H groups in total. The van der Waals surface area contributed by atoms with Gasteiger partial charge in [0.15, 0.2) is 0 Å². The monoisotopic (exact) mass is 348 g/mol. The van der Waals surface area contributed by atoms with Gasteiger partial charge in [0.2, 0.25) is 0 Å².